The van der Waals surface area contributed by atoms with Gasteiger partial charge in [0.25, 0.3) is 5.91 Å². The number of rotatable bonds is 4. The van der Waals surface area contributed by atoms with E-state index in [1.807, 2.05) is 6.07 Å². The normalized spacial score (nSPS) is 17.1. The van der Waals surface area contributed by atoms with Crippen molar-refractivity contribution in [3.63, 3.8) is 0 Å². The van der Waals surface area contributed by atoms with Crippen LogP contribution in [0.2, 0.25) is 0 Å². The van der Waals surface area contributed by atoms with E-state index in [4.69, 9.17) is 4.42 Å². The summed E-state index contributed by atoms with van der Waals surface area (Å²) in [5.74, 6) is 0.696. The molecule has 1 amide bonds. The molecule has 4 nitrogen and oxygen atoms in total. The van der Waals surface area contributed by atoms with Crippen molar-refractivity contribution in [1.82, 2.24) is 5.32 Å². The number of hydrogen-bond acceptors (Lipinski definition) is 3. The Morgan fingerprint density at radius 2 is 2.05 bits per heavy atom. The zero-order chi connectivity index (χ0) is 15.5. The van der Waals surface area contributed by atoms with E-state index in [-0.39, 0.29) is 17.7 Å². The van der Waals surface area contributed by atoms with Gasteiger partial charge in [-0.3, -0.25) is 4.79 Å². The number of amides is 1. The van der Waals surface area contributed by atoms with Crippen LogP contribution in [0.25, 0.3) is 0 Å². The molecule has 1 aliphatic rings. The Hall–Kier alpha value is -2.37. The predicted molar refractivity (Wildman–Crippen MR) is 74.9 cm³/mol. The largest absolute Gasteiger partial charge is 0.469 e. The standard InChI is InChI=1S/C16H15F2NO3/c17-16(18)22-11-6-4-10(5-7-11)15(20)19-13-2-1-3-14-12(13)8-9-21-14/h4-9,13,16H,1-3H2,(H,19,20). The molecule has 2 aromatic rings. The van der Waals surface area contributed by atoms with Crippen molar-refractivity contribution in [3.05, 3.63) is 53.5 Å². The van der Waals surface area contributed by atoms with E-state index in [9.17, 15) is 13.6 Å². The van der Waals surface area contributed by atoms with Gasteiger partial charge in [0.1, 0.15) is 11.5 Å². The fourth-order valence-corrected chi connectivity index (χ4v) is 2.67. The highest BCUT2D eigenvalue weighted by atomic mass is 19.3. The third-order valence-corrected chi connectivity index (χ3v) is 3.70. The summed E-state index contributed by atoms with van der Waals surface area (Å²) in [5, 5.41) is 2.95. The molecule has 3 rings (SSSR count). The molecule has 116 valence electrons. The summed E-state index contributed by atoms with van der Waals surface area (Å²) in [6.07, 6.45) is 4.32. The zero-order valence-corrected chi connectivity index (χ0v) is 11.7. The number of hydrogen-bond donors (Lipinski definition) is 1. The third-order valence-electron chi connectivity index (χ3n) is 3.70. The molecule has 6 heteroatoms. The van der Waals surface area contributed by atoms with Gasteiger partial charge in [-0.15, -0.1) is 0 Å². The lowest BCUT2D eigenvalue weighted by Crippen LogP contribution is -2.30. The molecule has 1 heterocycles. The molecule has 1 aromatic carbocycles. The minimum Gasteiger partial charge on any atom is -0.469 e. The van der Waals surface area contributed by atoms with Gasteiger partial charge in [-0.05, 0) is 43.2 Å². The van der Waals surface area contributed by atoms with Gasteiger partial charge in [0.2, 0.25) is 0 Å². The number of carbonyl (C=O) groups is 1. The molecule has 0 saturated carbocycles. The van der Waals surface area contributed by atoms with Crippen molar-refractivity contribution >= 4 is 5.91 Å². The zero-order valence-electron chi connectivity index (χ0n) is 11.7. The summed E-state index contributed by atoms with van der Waals surface area (Å²) in [4.78, 5) is 12.2. The molecule has 0 bridgehead atoms. The van der Waals surface area contributed by atoms with Crippen molar-refractivity contribution in [2.45, 2.75) is 31.9 Å². The highest BCUT2D eigenvalue weighted by Crippen LogP contribution is 2.30. The van der Waals surface area contributed by atoms with Gasteiger partial charge >= 0.3 is 6.61 Å². The van der Waals surface area contributed by atoms with Crippen molar-refractivity contribution < 1.29 is 22.7 Å². The van der Waals surface area contributed by atoms with E-state index in [2.05, 4.69) is 10.1 Å². The summed E-state index contributed by atoms with van der Waals surface area (Å²) < 4.78 is 33.8. The van der Waals surface area contributed by atoms with Crippen LogP contribution in [-0.2, 0) is 6.42 Å². The van der Waals surface area contributed by atoms with Crippen LogP contribution < -0.4 is 10.1 Å². The topological polar surface area (TPSA) is 51.5 Å². The van der Waals surface area contributed by atoms with Gasteiger partial charge < -0.3 is 14.5 Å². The first-order valence-corrected chi connectivity index (χ1v) is 7.05. The summed E-state index contributed by atoms with van der Waals surface area (Å²) in [5.41, 5.74) is 1.41. The second-order valence-corrected chi connectivity index (χ2v) is 5.12. The number of furan rings is 1. The van der Waals surface area contributed by atoms with Gasteiger partial charge in [-0.1, -0.05) is 0 Å². The molecular formula is C16H15F2NO3. The van der Waals surface area contributed by atoms with Crippen LogP contribution in [-0.4, -0.2) is 12.5 Å². The Morgan fingerprint density at radius 1 is 1.27 bits per heavy atom. The number of ether oxygens (including phenoxy) is 1. The number of fused-ring (bicyclic) bond motifs is 1. The SMILES string of the molecule is O=C(NC1CCCc2occc21)c1ccc(OC(F)F)cc1. The maximum absolute atomic E-state index is 12.2. The van der Waals surface area contributed by atoms with Gasteiger partial charge in [-0.2, -0.15) is 8.78 Å². The predicted octanol–water partition coefficient (Wildman–Crippen LogP) is 3.69. The average molecular weight is 307 g/mol. The Balaban J connectivity index is 1.68. The molecule has 0 spiro atoms. The van der Waals surface area contributed by atoms with E-state index in [1.165, 1.54) is 24.3 Å². The van der Waals surface area contributed by atoms with Gasteiger partial charge in [0.05, 0.1) is 12.3 Å². The minimum absolute atomic E-state index is 0.0290. The van der Waals surface area contributed by atoms with Crippen LogP contribution in [0.5, 0.6) is 5.75 Å². The second kappa shape index (κ2) is 6.17. The van der Waals surface area contributed by atoms with Crippen molar-refractivity contribution in [3.8, 4) is 5.75 Å². The van der Waals surface area contributed by atoms with E-state index < -0.39 is 6.61 Å². The van der Waals surface area contributed by atoms with Crippen LogP contribution in [0.4, 0.5) is 8.78 Å². The van der Waals surface area contributed by atoms with Crippen LogP contribution in [0, 0.1) is 0 Å². The monoisotopic (exact) mass is 307 g/mol. The Kier molecular flexibility index (Phi) is 4.09. The van der Waals surface area contributed by atoms with Crippen LogP contribution in [0.15, 0.2) is 41.0 Å². The summed E-state index contributed by atoms with van der Waals surface area (Å²) in [6, 6.07) is 7.43. The van der Waals surface area contributed by atoms with E-state index in [1.54, 1.807) is 6.26 Å². The molecule has 22 heavy (non-hydrogen) atoms. The lowest BCUT2D eigenvalue weighted by molar-refractivity contribution is -0.0498. The fraction of sp³-hybridized carbons (Fsp3) is 0.312. The maximum Gasteiger partial charge on any atom is 0.387 e. The van der Waals surface area contributed by atoms with Gasteiger partial charge in [-0.25, -0.2) is 0 Å². The van der Waals surface area contributed by atoms with Crippen LogP contribution in [0.1, 0.15) is 40.6 Å². The minimum atomic E-state index is -2.87. The number of aryl methyl sites for hydroxylation is 1. The van der Waals surface area contributed by atoms with E-state index in [0.717, 1.165) is 30.6 Å². The second-order valence-electron chi connectivity index (χ2n) is 5.12. The Labute approximate surface area is 126 Å². The molecule has 0 aliphatic heterocycles. The molecular weight excluding hydrogens is 292 g/mol. The first-order chi connectivity index (χ1) is 10.6. The molecule has 0 fully saturated rings. The van der Waals surface area contributed by atoms with Crippen molar-refractivity contribution in [2.24, 2.45) is 0 Å². The molecule has 0 saturated heterocycles. The number of alkyl halides is 2. The molecule has 1 aliphatic carbocycles. The lowest BCUT2D eigenvalue weighted by atomic mass is 9.93. The van der Waals surface area contributed by atoms with Gasteiger partial charge in [0, 0.05) is 17.5 Å². The smallest absolute Gasteiger partial charge is 0.387 e. The number of carbonyl (C=O) groups excluding carboxylic acids is 1. The van der Waals surface area contributed by atoms with Crippen molar-refractivity contribution in [2.75, 3.05) is 0 Å². The summed E-state index contributed by atoms with van der Waals surface area (Å²) in [7, 11) is 0. The third kappa shape index (κ3) is 3.10. The number of benzene rings is 1. The lowest BCUT2D eigenvalue weighted by Gasteiger charge is -2.22. The molecule has 1 N–H and O–H groups in total. The summed E-state index contributed by atoms with van der Waals surface area (Å²) in [6.45, 7) is -2.87. The van der Waals surface area contributed by atoms with E-state index in [0.29, 0.717) is 5.56 Å². The molecule has 1 aromatic heterocycles. The first kappa shape index (κ1) is 14.6. The van der Waals surface area contributed by atoms with Gasteiger partial charge in [0.15, 0.2) is 0 Å². The van der Waals surface area contributed by atoms with Crippen LogP contribution >= 0.6 is 0 Å². The van der Waals surface area contributed by atoms with E-state index >= 15 is 0 Å². The summed E-state index contributed by atoms with van der Waals surface area (Å²) >= 11 is 0. The Morgan fingerprint density at radius 3 is 2.77 bits per heavy atom. The molecule has 0 radical (unpaired) electrons. The number of nitrogens with one attached hydrogen (secondary N) is 1. The first-order valence-electron chi connectivity index (χ1n) is 7.05. The molecule has 1 atom stereocenters. The van der Waals surface area contributed by atoms with Crippen molar-refractivity contribution in [1.29, 1.82) is 0 Å². The fourth-order valence-electron chi connectivity index (χ4n) is 2.67. The quantitative estimate of drug-likeness (QED) is 0.937. The van der Waals surface area contributed by atoms with Crippen LogP contribution in [0.3, 0.4) is 0 Å². The maximum atomic E-state index is 12.2. The molecule has 1 unspecified atom stereocenters. The highest BCUT2D eigenvalue weighted by molar-refractivity contribution is 5.94. The Bertz CT molecular complexity index is 652. The average Bonchev–Trinajstić information content (AvgIpc) is 2.97. The highest BCUT2D eigenvalue weighted by Gasteiger charge is 2.24. The number of halogens is 2.